The summed E-state index contributed by atoms with van der Waals surface area (Å²) in [5, 5.41) is 3.54. The van der Waals surface area contributed by atoms with Crippen molar-refractivity contribution >= 4 is 29.9 Å². The second-order valence-corrected chi connectivity index (χ2v) is 7.19. The molecule has 2 aliphatic rings. The second-order valence-electron chi connectivity index (χ2n) is 7.19. The zero-order valence-electron chi connectivity index (χ0n) is 16.2. The van der Waals surface area contributed by atoms with Crippen LogP contribution < -0.4 is 5.32 Å². The lowest BCUT2D eigenvalue weighted by Gasteiger charge is -2.31. The minimum Gasteiger partial charge on any atom is -0.382 e. The summed E-state index contributed by atoms with van der Waals surface area (Å²) < 4.78 is 10.7. The monoisotopic (exact) mass is 468 g/mol. The average Bonchev–Trinajstić information content (AvgIpc) is 3.04. The molecule has 2 unspecified atom stereocenters. The van der Waals surface area contributed by atoms with Crippen LogP contribution in [0.3, 0.4) is 0 Å². The minimum absolute atomic E-state index is 0. The van der Waals surface area contributed by atoms with Gasteiger partial charge in [0.05, 0.1) is 19.8 Å². The van der Waals surface area contributed by atoms with E-state index in [0.717, 1.165) is 44.7 Å². The van der Waals surface area contributed by atoms with E-state index in [9.17, 15) is 0 Å². The Bertz CT molecular complexity index is 384. The fraction of sp³-hybridized carbons (Fsp3) is 0.944. The molecule has 2 heterocycles. The van der Waals surface area contributed by atoms with Gasteiger partial charge in [-0.05, 0) is 31.7 Å². The van der Waals surface area contributed by atoms with E-state index in [1.54, 1.807) is 7.11 Å². The molecule has 2 saturated heterocycles. The summed E-state index contributed by atoms with van der Waals surface area (Å²) in [5.41, 5.74) is 0. The van der Waals surface area contributed by atoms with Crippen molar-refractivity contribution in [3.8, 4) is 0 Å². The number of hydrogen-bond acceptors (Lipinski definition) is 4. The van der Waals surface area contributed by atoms with Gasteiger partial charge in [0.25, 0.3) is 0 Å². The Morgan fingerprint density at radius 2 is 2.04 bits per heavy atom. The van der Waals surface area contributed by atoms with Gasteiger partial charge in [-0.25, -0.2) is 0 Å². The Labute approximate surface area is 170 Å². The van der Waals surface area contributed by atoms with Crippen LogP contribution >= 0.6 is 24.0 Å². The smallest absolute Gasteiger partial charge is 0.193 e. The van der Waals surface area contributed by atoms with Gasteiger partial charge in [0.2, 0.25) is 0 Å². The highest BCUT2D eigenvalue weighted by Gasteiger charge is 2.25. The number of guanidine groups is 1. The third kappa shape index (κ3) is 8.41. The van der Waals surface area contributed by atoms with Crippen LogP contribution in [-0.4, -0.2) is 89.0 Å². The first-order chi connectivity index (χ1) is 11.7. The number of likely N-dealkylation sites (tertiary alicyclic amines) is 2. The highest BCUT2D eigenvalue weighted by molar-refractivity contribution is 14.0. The summed E-state index contributed by atoms with van der Waals surface area (Å²) in [7, 11) is 3.59. The molecule has 0 aromatic heterocycles. The van der Waals surface area contributed by atoms with Crippen molar-refractivity contribution in [2.45, 2.75) is 26.2 Å². The molecule has 2 aliphatic heterocycles. The molecule has 0 aliphatic carbocycles. The van der Waals surface area contributed by atoms with Crippen molar-refractivity contribution < 1.29 is 9.47 Å². The van der Waals surface area contributed by atoms with Crippen molar-refractivity contribution in [2.24, 2.45) is 16.8 Å². The maximum absolute atomic E-state index is 5.67. The fourth-order valence-corrected chi connectivity index (χ4v) is 3.70. The molecule has 2 atom stereocenters. The molecular formula is C18H37IN4O2. The first-order valence-electron chi connectivity index (χ1n) is 9.47. The third-order valence-electron chi connectivity index (χ3n) is 5.03. The van der Waals surface area contributed by atoms with E-state index in [0.29, 0.717) is 19.1 Å². The predicted octanol–water partition coefficient (Wildman–Crippen LogP) is 1.90. The zero-order valence-corrected chi connectivity index (χ0v) is 18.5. The summed E-state index contributed by atoms with van der Waals surface area (Å²) in [6.07, 6.45) is 3.90. The molecule has 148 valence electrons. The summed E-state index contributed by atoms with van der Waals surface area (Å²) in [4.78, 5) is 9.40. The van der Waals surface area contributed by atoms with E-state index in [4.69, 9.17) is 9.47 Å². The van der Waals surface area contributed by atoms with E-state index >= 15 is 0 Å². The SMILES string of the molecule is CN=C(NCCN1CCCC(C)C1)N1CCC(COCCOC)C1.I. The van der Waals surface area contributed by atoms with Crippen molar-refractivity contribution in [1.29, 1.82) is 0 Å². The van der Waals surface area contributed by atoms with Gasteiger partial charge in [0.1, 0.15) is 0 Å². The number of halogens is 1. The third-order valence-corrected chi connectivity index (χ3v) is 5.03. The van der Waals surface area contributed by atoms with E-state index in [1.807, 2.05) is 7.05 Å². The first-order valence-corrected chi connectivity index (χ1v) is 9.47. The number of ether oxygens (including phenoxy) is 2. The Morgan fingerprint density at radius 3 is 2.76 bits per heavy atom. The number of piperidine rings is 1. The van der Waals surface area contributed by atoms with Crippen LogP contribution in [0.25, 0.3) is 0 Å². The number of hydrogen-bond donors (Lipinski definition) is 1. The van der Waals surface area contributed by atoms with E-state index in [2.05, 4.69) is 27.0 Å². The standard InChI is InChI=1S/C18H36N4O2.HI/c1-16-5-4-8-21(13-16)10-7-20-18(19-2)22-9-6-17(14-22)15-24-12-11-23-3;/h16-17H,4-15H2,1-3H3,(H,19,20);1H. The molecule has 6 nitrogen and oxygen atoms in total. The molecule has 0 amide bonds. The normalized spacial score (nSPS) is 25.1. The van der Waals surface area contributed by atoms with Crippen molar-refractivity contribution in [3.63, 3.8) is 0 Å². The molecule has 0 spiro atoms. The van der Waals surface area contributed by atoms with Crippen molar-refractivity contribution in [3.05, 3.63) is 0 Å². The van der Waals surface area contributed by atoms with Gasteiger partial charge < -0.3 is 24.6 Å². The Hall–Kier alpha value is -0.120. The number of aliphatic imine (C=N–C) groups is 1. The van der Waals surface area contributed by atoms with Crippen molar-refractivity contribution in [2.75, 3.05) is 73.2 Å². The molecule has 2 fully saturated rings. The largest absolute Gasteiger partial charge is 0.382 e. The summed E-state index contributed by atoms with van der Waals surface area (Å²) in [6.45, 7) is 11.2. The summed E-state index contributed by atoms with van der Waals surface area (Å²) in [6, 6.07) is 0. The molecule has 0 radical (unpaired) electrons. The van der Waals surface area contributed by atoms with E-state index in [1.165, 1.54) is 32.4 Å². The molecule has 1 N–H and O–H groups in total. The van der Waals surface area contributed by atoms with Gasteiger partial charge >= 0.3 is 0 Å². The van der Waals surface area contributed by atoms with Crippen LogP contribution in [0.4, 0.5) is 0 Å². The molecule has 7 heteroatoms. The highest BCUT2D eigenvalue weighted by Crippen LogP contribution is 2.17. The van der Waals surface area contributed by atoms with Crippen LogP contribution in [0.5, 0.6) is 0 Å². The highest BCUT2D eigenvalue weighted by atomic mass is 127. The lowest BCUT2D eigenvalue weighted by Crippen LogP contribution is -2.45. The molecule has 0 bridgehead atoms. The Morgan fingerprint density at radius 1 is 1.20 bits per heavy atom. The maximum Gasteiger partial charge on any atom is 0.193 e. The van der Waals surface area contributed by atoms with Crippen LogP contribution in [-0.2, 0) is 9.47 Å². The minimum atomic E-state index is 0. The van der Waals surface area contributed by atoms with Crippen LogP contribution in [0.1, 0.15) is 26.2 Å². The second kappa shape index (κ2) is 13.1. The van der Waals surface area contributed by atoms with Gasteiger partial charge in [-0.2, -0.15) is 0 Å². The Kier molecular flexibility index (Phi) is 12.0. The number of nitrogens with one attached hydrogen (secondary N) is 1. The first kappa shape index (κ1) is 22.9. The van der Waals surface area contributed by atoms with Gasteiger partial charge in [0.15, 0.2) is 5.96 Å². The molecule has 0 saturated carbocycles. The van der Waals surface area contributed by atoms with Gasteiger partial charge in [-0.1, -0.05) is 6.92 Å². The van der Waals surface area contributed by atoms with Crippen LogP contribution in [0, 0.1) is 11.8 Å². The average molecular weight is 468 g/mol. The van der Waals surface area contributed by atoms with Crippen molar-refractivity contribution in [1.82, 2.24) is 15.1 Å². The number of methoxy groups -OCH3 is 1. The zero-order chi connectivity index (χ0) is 17.2. The molecule has 25 heavy (non-hydrogen) atoms. The van der Waals surface area contributed by atoms with Gasteiger partial charge in [-0.15, -0.1) is 24.0 Å². The number of rotatable bonds is 8. The molecule has 0 aromatic carbocycles. The van der Waals surface area contributed by atoms with Gasteiger partial charge in [0, 0.05) is 52.8 Å². The summed E-state index contributed by atoms with van der Waals surface area (Å²) >= 11 is 0. The summed E-state index contributed by atoms with van der Waals surface area (Å²) in [5.74, 6) is 2.48. The molecule has 0 aromatic rings. The van der Waals surface area contributed by atoms with E-state index < -0.39 is 0 Å². The van der Waals surface area contributed by atoms with Gasteiger partial charge in [-0.3, -0.25) is 4.99 Å². The number of nitrogens with zero attached hydrogens (tertiary/aromatic N) is 3. The molecular weight excluding hydrogens is 431 g/mol. The fourth-order valence-electron chi connectivity index (χ4n) is 3.70. The van der Waals surface area contributed by atoms with Crippen LogP contribution in [0.15, 0.2) is 4.99 Å². The molecule has 2 rings (SSSR count). The maximum atomic E-state index is 5.67. The lowest BCUT2D eigenvalue weighted by atomic mass is 10.0. The lowest BCUT2D eigenvalue weighted by molar-refractivity contribution is 0.0536. The quantitative estimate of drug-likeness (QED) is 0.255. The Balaban J connectivity index is 0.00000312. The predicted molar refractivity (Wildman–Crippen MR) is 114 cm³/mol. The van der Waals surface area contributed by atoms with Crippen LogP contribution in [0.2, 0.25) is 0 Å². The topological polar surface area (TPSA) is 49.3 Å². The van der Waals surface area contributed by atoms with E-state index in [-0.39, 0.29) is 24.0 Å².